The average molecular weight is 214 g/mol. The van der Waals surface area contributed by atoms with Crippen LogP contribution in [0.2, 0.25) is 5.02 Å². The van der Waals surface area contributed by atoms with E-state index in [-0.39, 0.29) is 0 Å². The normalized spacial score (nSPS) is 9.07. The minimum Gasteiger partial charge on any atom is -0.495 e. The fourth-order valence-electron chi connectivity index (χ4n) is 0.981. The first kappa shape index (κ1) is 10.6. The van der Waals surface area contributed by atoms with Gasteiger partial charge >= 0.3 is 0 Å². The second-order valence-corrected chi connectivity index (χ2v) is 2.77. The minimum atomic E-state index is 0.327. The number of nitrogens with zero attached hydrogens (tertiary/aromatic N) is 1. The van der Waals surface area contributed by atoms with Crippen molar-refractivity contribution in [3.8, 4) is 11.5 Å². The fourth-order valence-corrected chi connectivity index (χ4v) is 1.22. The van der Waals surface area contributed by atoms with Crippen LogP contribution in [0.1, 0.15) is 0 Å². The number of halogens is 1. The van der Waals surface area contributed by atoms with E-state index in [4.69, 9.17) is 21.1 Å². The molecule has 0 fully saturated rings. The Morgan fingerprint density at radius 3 is 2.43 bits per heavy atom. The molecule has 1 rings (SSSR count). The van der Waals surface area contributed by atoms with Gasteiger partial charge in [-0.1, -0.05) is 11.6 Å². The summed E-state index contributed by atoms with van der Waals surface area (Å²) in [4.78, 5) is 13.5. The Morgan fingerprint density at radius 2 is 1.93 bits per heavy atom. The summed E-state index contributed by atoms with van der Waals surface area (Å²) in [5.74, 6) is 0.878. The highest BCUT2D eigenvalue weighted by Crippen LogP contribution is 2.37. The number of rotatable bonds is 3. The van der Waals surface area contributed by atoms with Crippen LogP contribution in [-0.4, -0.2) is 20.3 Å². The number of carbonyl (C=O) groups excluding carboxylic acids is 1. The van der Waals surface area contributed by atoms with Crippen molar-refractivity contribution in [3.63, 3.8) is 0 Å². The number of ether oxygens (including phenoxy) is 2. The first-order valence-corrected chi connectivity index (χ1v) is 4.10. The highest BCUT2D eigenvalue weighted by atomic mass is 35.5. The Hall–Kier alpha value is -1.51. The van der Waals surface area contributed by atoms with Crippen molar-refractivity contribution in [2.75, 3.05) is 14.2 Å². The second-order valence-electron chi connectivity index (χ2n) is 2.36. The van der Waals surface area contributed by atoms with Crippen LogP contribution < -0.4 is 9.47 Å². The molecule has 5 heteroatoms. The number of methoxy groups -OCH3 is 2. The third kappa shape index (κ3) is 2.05. The van der Waals surface area contributed by atoms with Crippen LogP contribution in [0.25, 0.3) is 0 Å². The smallest absolute Gasteiger partial charge is 0.240 e. The van der Waals surface area contributed by atoms with Gasteiger partial charge in [0.1, 0.15) is 17.2 Å². The van der Waals surface area contributed by atoms with Crippen molar-refractivity contribution in [3.05, 3.63) is 17.2 Å². The molecule has 0 unspecified atom stereocenters. The average Bonchev–Trinajstić information content (AvgIpc) is 2.19. The Bertz CT molecular complexity index is 386. The second kappa shape index (κ2) is 4.65. The number of hydrogen-bond acceptors (Lipinski definition) is 4. The maximum Gasteiger partial charge on any atom is 0.240 e. The topological polar surface area (TPSA) is 47.9 Å². The summed E-state index contributed by atoms with van der Waals surface area (Å²) in [7, 11) is 2.95. The molecule has 0 amide bonds. The molecule has 0 bridgehead atoms. The van der Waals surface area contributed by atoms with Crippen LogP contribution in [0.5, 0.6) is 11.5 Å². The van der Waals surface area contributed by atoms with E-state index in [1.807, 2.05) is 0 Å². The van der Waals surface area contributed by atoms with Crippen molar-refractivity contribution in [1.82, 2.24) is 0 Å². The molecule has 0 aliphatic rings. The third-order valence-electron chi connectivity index (χ3n) is 1.62. The predicted molar refractivity (Wildman–Crippen MR) is 52.3 cm³/mol. The molecule has 0 atom stereocenters. The van der Waals surface area contributed by atoms with Gasteiger partial charge in [0, 0.05) is 6.07 Å². The van der Waals surface area contributed by atoms with Gasteiger partial charge in [-0.15, -0.1) is 0 Å². The van der Waals surface area contributed by atoms with E-state index in [9.17, 15) is 4.79 Å². The molecule has 0 saturated carbocycles. The molecule has 0 heterocycles. The molecule has 14 heavy (non-hydrogen) atoms. The molecule has 1 aromatic carbocycles. The van der Waals surface area contributed by atoms with Crippen molar-refractivity contribution >= 4 is 23.4 Å². The Kier molecular flexibility index (Phi) is 3.51. The zero-order chi connectivity index (χ0) is 10.6. The molecule has 0 N–H and O–H groups in total. The van der Waals surface area contributed by atoms with E-state index in [2.05, 4.69) is 4.99 Å². The maximum absolute atomic E-state index is 10.1. The lowest BCUT2D eigenvalue weighted by molar-refractivity contribution is 0.395. The molecule has 0 aromatic heterocycles. The summed E-state index contributed by atoms with van der Waals surface area (Å²) < 4.78 is 9.95. The lowest BCUT2D eigenvalue weighted by atomic mass is 10.3. The fraction of sp³-hybridized carbons (Fsp3) is 0.222. The molecule has 0 aliphatic heterocycles. The van der Waals surface area contributed by atoms with Gasteiger partial charge in [-0.25, -0.2) is 4.79 Å². The standard InChI is InChI=1S/C9H8ClNO3/c1-13-8-4-9(14-2)7(11-5-12)3-6(8)10/h3-4H,1-2H3. The Labute approximate surface area is 86.1 Å². The van der Waals surface area contributed by atoms with Gasteiger partial charge in [0.15, 0.2) is 0 Å². The Morgan fingerprint density at radius 1 is 1.29 bits per heavy atom. The first-order valence-electron chi connectivity index (χ1n) is 3.72. The molecule has 74 valence electrons. The molecular formula is C9H8ClNO3. The van der Waals surface area contributed by atoms with Gasteiger partial charge < -0.3 is 9.47 Å². The lowest BCUT2D eigenvalue weighted by Crippen LogP contribution is -1.88. The molecule has 0 saturated heterocycles. The van der Waals surface area contributed by atoms with Crippen LogP contribution in [0, 0.1) is 0 Å². The van der Waals surface area contributed by atoms with Gasteiger partial charge in [0.2, 0.25) is 6.08 Å². The molecule has 1 aromatic rings. The maximum atomic E-state index is 10.1. The van der Waals surface area contributed by atoms with Crippen molar-refractivity contribution in [2.24, 2.45) is 4.99 Å². The lowest BCUT2D eigenvalue weighted by Gasteiger charge is -2.07. The van der Waals surface area contributed by atoms with Gasteiger partial charge in [-0.3, -0.25) is 0 Å². The zero-order valence-corrected chi connectivity index (χ0v) is 8.46. The van der Waals surface area contributed by atoms with Gasteiger partial charge in [-0.05, 0) is 6.07 Å². The van der Waals surface area contributed by atoms with Crippen molar-refractivity contribution < 1.29 is 14.3 Å². The van der Waals surface area contributed by atoms with Crippen LogP contribution in [0.3, 0.4) is 0 Å². The van der Waals surface area contributed by atoms with Gasteiger partial charge in [0.25, 0.3) is 0 Å². The largest absolute Gasteiger partial charge is 0.495 e. The highest BCUT2D eigenvalue weighted by molar-refractivity contribution is 6.32. The van der Waals surface area contributed by atoms with Crippen molar-refractivity contribution in [2.45, 2.75) is 0 Å². The first-order chi connectivity index (χ1) is 6.72. The third-order valence-corrected chi connectivity index (χ3v) is 1.91. The van der Waals surface area contributed by atoms with Crippen molar-refractivity contribution in [1.29, 1.82) is 0 Å². The van der Waals surface area contributed by atoms with Crippen LogP contribution in [0.4, 0.5) is 5.69 Å². The summed E-state index contributed by atoms with van der Waals surface area (Å²) in [6.07, 6.45) is 1.42. The van der Waals surface area contributed by atoms with Crippen LogP contribution in [-0.2, 0) is 4.79 Å². The monoisotopic (exact) mass is 213 g/mol. The summed E-state index contributed by atoms with van der Waals surface area (Å²) >= 11 is 5.82. The van der Waals surface area contributed by atoms with E-state index in [0.717, 1.165) is 0 Å². The van der Waals surface area contributed by atoms with Gasteiger partial charge in [-0.2, -0.15) is 4.99 Å². The number of aliphatic imine (C=N–C) groups is 1. The Balaban J connectivity index is 3.30. The molecular weight excluding hydrogens is 206 g/mol. The number of hydrogen-bond donors (Lipinski definition) is 0. The van der Waals surface area contributed by atoms with Crippen LogP contribution >= 0.6 is 11.6 Å². The summed E-state index contributed by atoms with van der Waals surface area (Å²) in [5, 5.41) is 0.363. The molecule has 4 nitrogen and oxygen atoms in total. The van der Waals surface area contributed by atoms with E-state index in [1.54, 1.807) is 6.07 Å². The molecule has 0 radical (unpaired) electrons. The number of benzene rings is 1. The van der Waals surface area contributed by atoms with E-state index < -0.39 is 0 Å². The van der Waals surface area contributed by atoms with E-state index in [1.165, 1.54) is 26.4 Å². The summed E-state index contributed by atoms with van der Waals surface area (Å²) in [6.45, 7) is 0. The van der Waals surface area contributed by atoms with Gasteiger partial charge in [0.05, 0.1) is 19.2 Å². The predicted octanol–water partition coefficient (Wildman–Crippen LogP) is 2.32. The van der Waals surface area contributed by atoms with E-state index >= 15 is 0 Å². The number of isocyanates is 1. The summed E-state index contributed by atoms with van der Waals surface area (Å²) in [6, 6.07) is 3.03. The van der Waals surface area contributed by atoms with E-state index in [0.29, 0.717) is 22.2 Å². The zero-order valence-electron chi connectivity index (χ0n) is 7.70. The molecule has 0 aliphatic carbocycles. The molecule has 0 spiro atoms. The highest BCUT2D eigenvalue weighted by Gasteiger charge is 2.08. The quantitative estimate of drug-likeness (QED) is 0.572. The summed E-state index contributed by atoms with van der Waals surface area (Å²) in [5.41, 5.74) is 0.327. The minimum absolute atomic E-state index is 0.327. The SMILES string of the molecule is COc1cc(OC)c(N=C=O)cc1Cl. The van der Waals surface area contributed by atoms with Crippen LogP contribution in [0.15, 0.2) is 17.1 Å².